The molecule has 0 N–H and O–H groups in total. The number of hydrogen-bond donors (Lipinski definition) is 0. The summed E-state index contributed by atoms with van der Waals surface area (Å²) < 4.78 is 13.2. The van der Waals surface area contributed by atoms with E-state index in [1.165, 1.54) is 6.42 Å². The Morgan fingerprint density at radius 3 is 2.84 bits per heavy atom. The van der Waals surface area contributed by atoms with Gasteiger partial charge in [0.25, 0.3) is 5.91 Å². The molecule has 8 nitrogen and oxygen atoms in total. The first-order chi connectivity index (χ1) is 12.1. The molecule has 1 saturated carbocycles. The first-order valence-electron chi connectivity index (χ1n) is 8.89. The predicted octanol–water partition coefficient (Wildman–Crippen LogP) is 2.33. The lowest BCUT2D eigenvalue weighted by Crippen LogP contribution is -2.43. The largest absolute Gasteiger partial charge is 0.423 e. The van der Waals surface area contributed by atoms with E-state index in [4.69, 9.17) is 9.15 Å². The Morgan fingerprint density at radius 2 is 2.16 bits per heavy atom. The topological polar surface area (TPSA) is 86.3 Å². The minimum absolute atomic E-state index is 0.0665. The average molecular weight is 345 g/mol. The van der Waals surface area contributed by atoms with Crippen LogP contribution < -0.4 is 0 Å². The molecular weight excluding hydrogens is 322 g/mol. The fourth-order valence-electron chi connectivity index (χ4n) is 3.13. The molecular formula is C17H23N5O3. The van der Waals surface area contributed by atoms with E-state index >= 15 is 0 Å². The number of carbonyl (C=O) groups excluding carboxylic acids is 1. The zero-order chi connectivity index (χ0) is 17.4. The van der Waals surface area contributed by atoms with Gasteiger partial charge in [0.05, 0.1) is 31.0 Å². The van der Waals surface area contributed by atoms with E-state index in [1.54, 1.807) is 11.1 Å². The molecule has 2 fully saturated rings. The van der Waals surface area contributed by atoms with Crippen molar-refractivity contribution in [2.45, 2.75) is 51.1 Å². The second-order valence-corrected chi connectivity index (χ2v) is 7.02. The van der Waals surface area contributed by atoms with Gasteiger partial charge in [-0.25, -0.2) is 0 Å². The maximum Gasteiger partial charge on any atom is 0.257 e. The van der Waals surface area contributed by atoms with E-state index in [0.29, 0.717) is 43.1 Å². The van der Waals surface area contributed by atoms with Crippen molar-refractivity contribution in [2.75, 3.05) is 19.8 Å². The van der Waals surface area contributed by atoms with Gasteiger partial charge in [0.2, 0.25) is 11.8 Å². The Hall–Kier alpha value is -2.22. The number of rotatable bonds is 4. The minimum Gasteiger partial charge on any atom is -0.423 e. The third-order valence-corrected chi connectivity index (χ3v) is 4.92. The Bertz CT molecular complexity index is 749. The van der Waals surface area contributed by atoms with Gasteiger partial charge in [-0.05, 0) is 19.3 Å². The van der Waals surface area contributed by atoms with Crippen molar-refractivity contribution in [3.8, 4) is 0 Å². The first kappa shape index (κ1) is 16.3. The summed E-state index contributed by atoms with van der Waals surface area (Å²) in [4.78, 5) is 14.7. The number of hydrogen-bond acceptors (Lipinski definition) is 6. The van der Waals surface area contributed by atoms with Crippen LogP contribution in [0.25, 0.3) is 0 Å². The van der Waals surface area contributed by atoms with Crippen molar-refractivity contribution in [1.82, 2.24) is 24.9 Å². The summed E-state index contributed by atoms with van der Waals surface area (Å²) in [6, 6.07) is 0.0832. The number of aromatic nitrogens is 4. The molecule has 1 amide bonds. The van der Waals surface area contributed by atoms with Gasteiger partial charge >= 0.3 is 0 Å². The highest BCUT2D eigenvalue weighted by molar-refractivity contribution is 5.94. The summed E-state index contributed by atoms with van der Waals surface area (Å²) in [6.45, 7) is 5.35. The molecule has 1 saturated heterocycles. The van der Waals surface area contributed by atoms with E-state index in [1.807, 2.05) is 24.7 Å². The Labute approximate surface area is 146 Å². The summed E-state index contributed by atoms with van der Waals surface area (Å²) in [5, 5.41) is 12.6. The van der Waals surface area contributed by atoms with Crippen LogP contribution in [0, 0.1) is 0 Å². The van der Waals surface area contributed by atoms with Crippen molar-refractivity contribution in [3.63, 3.8) is 0 Å². The van der Waals surface area contributed by atoms with E-state index in [9.17, 15) is 4.79 Å². The highest BCUT2D eigenvalue weighted by Gasteiger charge is 2.34. The zero-order valence-electron chi connectivity index (χ0n) is 14.6. The number of nitrogens with zero attached hydrogens (tertiary/aromatic N) is 5. The van der Waals surface area contributed by atoms with Crippen molar-refractivity contribution < 1.29 is 13.9 Å². The molecule has 0 spiro atoms. The van der Waals surface area contributed by atoms with Crippen LogP contribution in [0.15, 0.2) is 16.8 Å². The standard InChI is InChI=1S/C17H23N5O3/c1-11(2)15-19-20-16(25-15)14-10-24-7-6-21(14)17(23)12-8-18-22(9-12)13-4-3-5-13/h8-9,11,13-14H,3-7,10H2,1-2H3. The molecule has 4 rings (SSSR count). The molecule has 2 aromatic heterocycles. The lowest BCUT2D eigenvalue weighted by Gasteiger charge is -2.33. The highest BCUT2D eigenvalue weighted by Crippen LogP contribution is 2.31. The SMILES string of the molecule is CC(C)c1nnc(C2COCCN2C(=O)c2cnn(C3CCC3)c2)o1. The summed E-state index contributed by atoms with van der Waals surface area (Å²) in [6.07, 6.45) is 7.01. The van der Waals surface area contributed by atoms with Gasteiger partial charge in [-0.1, -0.05) is 13.8 Å². The molecule has 3 heterocycles. The monoisotopic (exact) mass is 345 g/mol. The van der Waals surface area contributed by atoms with Crippen molar-refractivity contribution in [3.05, 3.63) is 29.7 Å². The van der Waals surface area contributed by atoms with Crippen LogP contribution in [-0.4, -0.2) is 50.5 Å². The van der Waals surface area contributed by atoms with Crippen LogP contribution in [-0.2, 0) is 4.74 Å². The van der Waals surface area contributed by atoms with E-state index < -0.39 is 0 Å². The van der Waals surface area contributed by atoms with Crippen LogP contribution in [0.2, 0.25) is 0 Å². The predicted molar refractivity (Wildman–Crippen MR) is 88.1 cm³/mol. The lowest BCUT2D eigenvalue weighted by molar-refractivity contribution is -0.0107. The summed E-state index contributed by atoms with van der Waals surface area (Å²) >= 11 is 0. The maximum absolute atomic E-state index is 13.0. The van der Waals surface area contributed by atoms with Crippen LogP contribution in [0.5, 0.6) is 0 Å². The molecule has 1 unspecified atom stereocenters. The van der Waals surface area contributed by atoms with E-state index in [0.717, 1.165) is 12.8 Å². The molecule has 2 aliphatic rings. The summed E-state index contributed by atoms with van der Waals surface area (Å²) in [5.41, 5.74) is 0.599. The van der Waals surface area contributed by atoms with Crippen LogP contribution in [0.4, 0.5) is 0 Å². The average Bonchev–Trinajstić information content (AvgIpc) is 3.22. The van der Waals surface area contributed by atoms with Crippen molar-refractivity contribution in [2.24, 2.45) is 0 Å². The Balaban J connectivity index is 1.55. The minimum atomic E-state index is -0.353. The second kappa shape index (κ2) is 6.59. The first-order valence-corrected chi connectivity index (χ1v) is 8.89. The fraction of sp³-hybridized carbons (Fsp3) is 0.647. The van der Waals surface area contributed by atoms with E-state index in [-0.39, 0.29) is 17.9 Å². The molecule has 1 atom stereocenters. The molecule has 1 aliphatic heterocycles. The maximum atomic E-state index is 13.0. The van der Waals surface area contributed by atoms with Crippen molar-refractivity contribution >= 4 is 5.91 Å². The molecule has 134 valence electrons. The second-order valence-electron chi connectivity index (χ2n) is 7.02. The molecule has 25 heavy (non-hydrogen) atoms. The van der Waals surface area contributed by atoms with Crippen molar-refractivity contribution in [1.29, 1.82) is 0 Å². The number of morpholine rings is 1. The third kappa shape index (κ3) is 3.06. The molecule has 0 radical (unpaired) electrons. The lowest BCUT2D eigenvalue weighted by atomic mass is 9.93. The Morgan fingerprint density at radius 1 is 1.32 bits per heavy atom. The van der Waals surface area contributed by atoms with Gasteiger partial charge < -0.3 is 14.1 Å². The van der Waals surface area contributed by atoms with Gasteiger partial charge in [0.1, 0.15) is 6.04 Å². The molecule has 0 bridgehead atoms. The van der Waals surface area contributed by atoms with Crippen LogP contribution >= 0.6 is 0 Å². The number of ether oxygens (including phenoxy) is 1. The highest BCUT2D eigenvalue weighted by atomic mass is 16.5. The molecule has 8 heteroatoms. The van der Waals surface area contributed by atoms with Gasteiger partial charge in [-0.15, -0.1) is 10.2 Å². The molecule has 1 aliphatic carbocycles. The van der Waals surface area contributed by atoms with Crippen LogP contribution in [0.3, 0.4) is 0 Å². The smallest absolute Gasteiger partial charge is 0.257 e. The Kier molecular flexibility index (Phi) is 4.29. The molecule has 0 aromatic carbocycles. The van der Waals surface area contributed by atoms with Gasteiger partial charge in [0, 0.05) is 18.7 Å². The quantitative estimate of drug-likeness (QED) is 0.845. The summed E-state index contributed by atoms with van der Waals surface area (Å²) in [5.74, 6) is 1.09. The summed E-state index contributed by atoms with van der Waals surface area (Å²) in [7, 11) is 0. The van der Waals surface area contributed by atoms with E-state index in [2.05, 4.69) is 15.3 Å². The third-order valence-electron chi connectivity index (χ3n) is 4.92. The van der Waals surface area contributed by atoms with Gasteiger partial charge in [-0.2, -0.15) is 5.10 Å². The molecule has 2 aromatic rings. The van der Waals surface area contributed by atoms with Crippen LogP contribution in [0.1, 0.15) is 73.3 Å². The zero-order valence-corrected chi connectivity index (χ0v) is 14.6. The normalized spacial score (nSPS) is 21.6. The van der Waals surface area contributed by atoms with Gasteiger partial charge in [0.15, 0.2) is 0 Å². The number of amides is 1. The van der Waals surface area contributed by atoms with Gasteiger partial charge in [-0.3, -0.25) is 9.48 Å². The fourth-order valence-corrected chi connectivity index (χ4v) is 3.13. The number of carbonyl (C=O) groups is 1.